The summed E-state index contributed by atoms with van der Waals surface area (Å²) in [6, 6.07) is 0.343. The lowest BCUT2D eigenvalue weighted by atomic mass is 9.83. The molecule has 1 aliphatic heterocycles. The maximum absolute atomic E-state index is 6.44. The lowest BCUT2D eigenvalue weighted by molar-refractivity contribution is 0.0516. The average Bonchev–Trinajstić information content (AvgIpc) is 2.35. The van der Waals surface area contributed by atoms with E-state index >= 15 is 0 Å². The van der Waals surface area contributed by atoms with Crippen LogP contribution in [0.2, 0.25) is 0 Å². The fraction of sp³-hybridized carbons (Fsp3) is 1.00. The number of unbranched alkanes of at least 4 members (excludes halogenated alkanes) is 1. The van der Waals surface area contributed by atoms with Crippen LogP contribution in [0.4, 0.5) is 0 Å². The van der Waals surface area contributed by atoms with Gasteiger partial charge in [-0.1, -0.05) is 33.1 Å². The van der Waals surface area contributed by atoms with Crippen molar-refractivity contribution in [3.8, 4) is 0 Å². The molecule has 0 amide bonds. The van der Waals surface area contributed by atoms with E-state index in [1.165, 1.54) is 58.0 Å². The lowest BCUT2D eigenvalue weighted by Gasteiger charge is -2.47. The molecule has 0 aromatic carbocycles. The number of nitrogens with zero attached hydrogens (tertiary/aromatic N) is 1. The summed E-state index contributed by atoms with van der Waals surface area (Å²) < 4.78 is 0. The molecule has 96 valence electrons. The van der Waals surface area contributed by atoms with E-state index in [0.29, 0.717) is 6.04 Å². The van der Waals surface area contributed by atoms with Crippen molar-refractivity contribution in [3.63, 3.8) is 0 Å². The summed E-state index contributed by atoms with van der Waals surface area (Å²) in [6.07, 6.45) is 9.00. The van der Waals surface area contributed by atoms with E-state index in [0.717, 1.165) is 0 Å². The Morgan fingerprint density at radius 2 is 1.81 bits per heavy atom. The van der Waals surface area contributed by atoms with Gasteiger partial charge in [-0.3, -0.25) is 4.90 Å². The number of rotatable bonds is 6. The molecule has 2 atom stereocenters. The summed E-state index contributed by atoms with van der Waals surface area (Å²) in [4.78, 5) is 2.65. The van der Waals surface area contributed by atoms with Gasteiger partial charge in [-0.15, -0.1) is 0 Å². The highest BCUT2D eigenvalue weighted by Crippen LogP contribution is 2.28. The van der Waals surface area contributed by atoms with Crippen LogP contribution < -0.4 is 5.73 Å². The topological polar surface area (TPSA) is 29.3 Å². The summed E-state index contributed by atoms with van der Waals surface area (Å²) in [5, 5.41) is 0. The van der Waals surface area contributed by atoms with E-state index in [9.17, 15) is 0 Å². The van der Waals surface area contributed by atoms with Gasteiger partial charge < -0.3 is 5.73 Å². The molecule has 0 aromatic rings. The molecule has 0 aromatic heterocycles. The van der Waals surface area contributed by atoms with Crippen LogP contribution in [0.3, 0.4) is 0 Å². The Morgan fingerprint density at radius 1 is 1.19 bits per heavy atom. The summed E-state index contributed by atoms with van der Waals surface area (Å²) in [5.74, 6) is 0. The Bertz CT molecular complexity index is 187. The maximum Gasteiger partial charge on any atom is 0.0329 e. The second-order valence-corrected chi connectivity index (χ2v) is 5.51. The predicted octanol–water partition coefficient (Wildman–Crippen LogP) is 3.16. The summed E-state index contributed by atoms with van der Waals surface area (Å²) in [6.45, 7) is 9.42. The molecule has 2 heteroatoms. The minimum atomic E-state index is 0.232. The molecule has 0 saturated carbocycles. The third-order valence-electron chi connectivity index (χ3n) is 4.46. The lowest BCUT2D eigenvalue weighted by Crippen LogP contribution is -2.59. The third-order valence-corrected chi connectivity index (χ3v) is 4.46. The van der Waals surface area contributed by atoms with Crippen molar-refractivity contribution in [2.45, 2.75) is 77.3 Å². The van der Waals surface area contributed by atoms with Crippen LogP contribution in [0.25, 0.3) is 0 Å². The predicted molar refractivity (Wildman–Crippen MR) is 71.6 cm³/mol. The molecular weight excluding hydrogens is 196 g/mol. The van der Waals surface area contributed by atoms with Crippen molar-refractivity contribution >= 4 is 0 Å². The van der Waals surface area contributed by atoms with Crippen LogP contribution >= 0.6 is 0 Å². The Kier molecular flexibility index (Phi) is 5.77. The summed E-state index contributed by atoms with van der Waals surface area (Å²) in [5.41, 5.74) is 6.67. The van der Waals surface area contributed by atoms with Crippen LogP contribution in [0.1, 0.15) is 65.7 Å². The summed E-state index contributed by atoms with van der Waals surface area (Å²) >= 11 is 0. The first-order valence-electron chi connectivity index (χ1n) is 7.15. The number of piperidine rings is 1. The standard InChI is InChI=1S/C14H30N2/c1-4-6-10-13(15)14(3,5-2)16-11-8-7-9-12-16/h13H,4-12,15H2,1-3H3. The van der Waals surface area contributed by atoms with Gasteiger partial charge in [0.1, 0.15) is 0 Å². The quantitative estimate of drug-likeness (QED) is 0.754. The molecule has 0 spiro atoms. The van der Waals surface area contributed by atoms with Gasteiger partial charge in [-0.2, -0.15) is 0 Å². The second kappa shape index (κ2) is 6.61. The smallest absolute Gasteiger partial charge is 0.0329 e. The highest BCUT2D eigenvalue weighted by Gasteiger charge is 2.36. The zero-order chi connectivity index (χ0) is 12.0. The fourth-order valence-corrected chi connectivity index (χ4v) is 2.86. The van der Waals surface area contributed by atoms with Crippen molar-refractivity contribution < 1.29 is 0 Å². The molecule has 1 saturated heterocycles. The van der Waals surface area contributed by atoms with Crippen molar-refractivity contribution in [2.24, 2.45) is 5.73 Å². The Labute approximate surface area is 102 Å². The molecule has 0 radical (unpaired) electrons. The zero-order valence-electron chi connectivity index (χ0n) is 11.5. The first-order chi connectivity index (χ1) is 7.65. The first-order valence-corrected chi connectivity index (χ1v) is 7.15. The zero-order valence-corrected chi connectivity index (χ0v) is 11.5. The molecule has 0 aliphatic carbocycles. The van der Waals surface area contributed by atoms with Crippen molar-refractivity contribution in [2.75, 3.05) is 13.1 Å². The van der Waals surface area contributed by atoms with Gasteiger partial charge in [-0.25, -0.2) is 0 Å². The second-order valence-electron chi connectivity index (χ2n) is 5.51. The van der Waals surface area contributed by atoms with E-state index in [1.54, 1.807) is 0 Å². The van der Waals surface area contributed by atoms with Gasteiger partial charge in [0.05, 0.1) is 0 Å². The van der Waals surface area contributed by atoms with Crippen LogP contribution in [0.15, 0.2) is 0 Å². The largest absolute Gasteiger partial charge is 0.326 e. The van der Waals surface area contributed by atoms with Crippen LogP contribution in [0.5, 0.6) is 0 Å². The van der Waals surface area contributed by atoms with E-state index in [1.807, 2.05) is 0 Å². The van der Waals surface area contributed by atoms with Crippen LogP contribution in [-0.2, 0) is 0 Å². The number of hydrogen-bond acceptors (Lipinski definition) is 2. The van der Waals surface area contributed by atoms with Crippen molar-refractivity contribution in [1.82, 2.24) is 4.90 Å². The SMILES string of the molecule is CCCCC(N)C(C)(CC)N1CCCCC1. The molecule has 1 rings (SSSR count). The third kappa shape index (κ3) is 3.21. The van der Waals surface area contributed by atoms with E-state index < -0.39 is 0 Å². The summed E-state index contributed by atoms with van der Waals surface area (Å²) in [7, 11) is 0. The average molecular weight is 226 g/mol. The minimum Gasteiger partial charge on any atom is -0.326 e. The van der Waals surface area contributed by atoms with Crippen molar-refractivity contribution in [1.29, 1.82) is 0 Å². The first kappa shape index (κ1) is 14.0. The van der Waals surface area contributed by atoms with E-state index in [-0.39, 0.29) is 5.54 Å². The monoisotopic (exact) mass is 226 g/mol. The van der Waals surface area contributed by atoms with Crippen LogP contribution in [0, 0.1) is 0 Å². The van der Waals surface area contributed by atoms with E-state index in [2.05, 4.69) is 25.7 Å². The number of nitrogens with two attached hydrogens (primary N) is 1. The molecular formula is C14H30N2. The molecule has 16 heavy (non-hydrogen) atoms. The molecule has 2 nitrogen and oxygen atoms in total. The Balaban J connectivity index is 2.58. The maximum atomic E-state index is 6.44. The molecule has 2 unspecified atom stereocenters. The van der Waals surface area contributed by atoms with Gasteiger partial charge in [-0.05, 0) is 45.7 Å². The van der Waals surface area contributed by atoms with Gasteiger partial charge in [0, 0.05) is 11.6 Å². The number of hydrogen-bond donors (Lipinski definition) is 1. The molecule has 1 heterocycles. The van der Waals surface area contributed by atoms with Gasteiger partial charge in [0.25, 0.3) is 0 Å². The number of likely N-dealkylation sites (tertiary alicyclic amines) is 1. The fourth-order valence-electron chi connectivity index (χ4n) is 2.86. The Morgan fingerprint density at radius 3 is 2.31 bits per heavy atom. The minimum absolute atomic E-state index is 0.232. The van der Waals surface area contributed by atoms with E-state index in [4.69, 9.17) is 5.73 Å². The highest BCUT2D eigenvalue weighted by atomic mass is 15.2. The molecule has 0 bridgehead atoms. The molecule has 1 aliphatic rings. The molecule has 2 N–H and O–H groups in total. The van der Waals surface area contributed by atoms with Gasteiger partial charge in [0.2, 0.25) is 0 Å². The van der Waals surface area contributed by atoms with Crippen molar-refractivity contribution in [3.05, 3.63) is 0 Å². The normalized spacial score (nSPS) is 24.0. The molecule has 1 fully saturated rings. The highest BCUT2D eigenvalue weighted by molar-refractivity contribution is 4.95. The van der Waals surface area contributed by atoms with Gasteiger partial charge >= 0.3 is 0 Å². The van der Waals surface area contributed by atoms with Gasteiger partial charge in [0.15, 0.2) is 0 Å². The Hall–Kier alpha value is -0.0800. The van der Waals surface area contributed by atoms with Crippen LogP contribution in [-0.4, -0.2) is 29.6 Å².